The molecular weight excluding hydrogens is 399 g/mol. The minimum Gasteiger partial charge on any atom is -0.354 e. The summed E-state index contributed by atoms with van der Waals surface area (Å²) in [5, 5.41) is 9.84. The number of carbonyl (C=O) groups excluding carboxylic acids is 1. The number of halogens is 3. The predicted octanol–water partition coefficient (Wildman–Crippen LogP) is 3.39. The van der Waals surface area contributed by atoms with Gasteiger partial charge in [-0.25, -0.2) is 9.50 Å². The molecule has 4 aromatic heterocycles. The Hall–Kier alpha value is -3.63. The summed E-state index contributed by atoms with van der Waals surface area (Å²) in [5.41, 5.74) is 2.62. The fourth-order valence-electron chi connectivity index (χ4n) is 3.07. The van der Waals surface area contributed by atoms with Gasteiger partial charge in [0, 0.05) is 36.1 Å². The second-order valence-corrected chi connectivity index (χ2v) is 6.73. The molecule has 0 aromatic carbocycles. The zero-order chi connectivity index (χ0) is 21.5. The SMILES string of the molecule is CCNc1ncc2c(-c3ccn4ncc(C(=O)NC(C)C(F)(F)F)c4c3)c[nH]c2n1. The Morgan fingerprint density at radius 1 is 1.33 bits per heavy atom. The molecule has 156 valence electrons. The van der Waals surface area contributed by atoms with E-state index in [2.05, 4.69) is 25.4 Å². The van der Waals surface area contributed by atoms with Gasteiger partial charge in [0.2, 0.25) is 5.95 Å². The van der Waals surface area contributed by atoms with E-state index >= 15 is 0 Å². The number of aromatic nitrogens is 5. The highest BCUT2D eigenvalue weighted by Crippen LogP contribution is 2.29. The summed E-state index contributed by atoms with van der Waals surface area (Å²) in [5.74, 6) is -0.341. The van der Waals surface area contributed by atoms with Crippen LogP contribution in [0.25, 0.3) is 27.7 Å². The average Bonchev–Trinajstić information content (AvgIpc) is 3.30. The molecule has 4 heterocycles. The van der Waals surface area contributed by atoms with Crippen LogP contribution in [0.1, 0.15) is 24.2 Å². The number of aromatic amines is 1. The molecule has 8 nitrogen and oxygen atoms in total. The first-order valence-electron chi connectivity index (χ1n) is 9.21. The molecule has 30 heavy (non-hydrogen) atoms. The summed E-state index contributed by atoms with van der Waals surface area (Å²) in [6.45, 7) is 3.52. The van der Waals surface area contributed by atoms with Gasteiger partial charge in [-0.15, -0.1) is 0 Å². The molecular formula is C19H18F3N7O. The highest BCUT2D eigenvalue weighted by Gasteiger charge is 2.37. The smallest absolute Gasteiger partial charge is 0.354 e. The third-order valence-electron chi connectivity index (χ3n) is 4.68. The van der Waals surface area contributed by atoms with Gasteiger partial charge in [-0.3, -0.25) is 4.79 Å². The molecule has 0 saturated carbocycles. The number of amides is 1. The normalized spacial score (nSPS) is 13.0. The first-order valence-corrected chi connectivity index (χ1v) is 9.21. The van der Waals surface area contributed by atoms with Crippen molar-refractivity contribution in [3.8, 4) is 11.1 Å². The largest absolute Gasteiger partial charge is 0.408 e. The number of H-pyrrole nitrogens is 1. The van der Waals surface area contributed by atoms with Crippen molar-refractivity contribution in [2.75, 3.05) is 11.9 Å². The fourth-order valence-corrected chi connectivity index (χ4v) is 3.07. The van der Waals surface area contributed by atoms with Crippen molar-refractivity contribution in [2.45, 2.75) is 26.1 Å². The van der Waals surface area contributed by atoms with E-state index in [4.69, 9.17) is 0 Å². The first kappa shape index (κ1) is 19.7. The van der Waals surface area contributed by atoms with Gasteiger partial charge in [0.25, 0.3) is 5.91 Å². The fraction of sp³-hybridized carbons (Fsp3) is 0.263. The van der Waals surface area contributed by atoms with E-state index in [1.165, 1.54) is 10.7 Å². The lowest BCUT2D eigenvalue weighted by Gasteiger charge is -2.16. The van der Waals surface area contributed by atoms with Crippen molar-refractivity contribution in [2.24, 2.45) is 0 Å². The zero-order valence-electron chi connectivity index (χ0n) is 16.1. The lowest BCUT2D eigenvalue weighted by Crippen LogP contribution is -2.43. The Kier molecular flexibility index (Phi) is 4.80. The van der Waals surface area contributed by atoms with Gasteiger partial charge in [0.05, 0.1) is 17.3 Å². The molecule has 11 heteroatoms. The molecule has 0 saturated heterocycles. The van der Waals surface area contributed by atoms with E-state index in [9.17, 15) is 18.0 Å². The summed E-state index contributed by atoms with van der Waals surface area (Å²) in [7, 11) is 0. The van der Waals surface area contributed by atoms with Crippen LogP contribution < -0.4 is 10.6 Å². The Labute approximate surface area is 168 Å². The molecule has 0 fully saturated rings. The maximum Gasteiger partial charge on any atom is 0.408 e. The number of carbonyl (C=O) groups is 1. The average molecular weight is 417 g/mol. The van der Waals surface area contributed by atoms with Crippen molar-refractivity contribution in [1.29, 1.82) is 0 Å². The third-order valence-corrected chi connectivity index (χ3v) is 4.68. The van der Waals surface area contributed by atoms with E-state index < -0.39 is 18.1 Å². The van der Waals surface area contributed by atoms with Crippen LogP contribution in [0, 0.1) is 0 Å². The monoisotopic (exact) mass is 417 g/mol. The first-order chi connectivity index (χ1) is 14.3. The van der Waals surface area contributed by atoms with Crippen molar-refractivity contribution < 1.29 is 18.0 Å². The maximum absolute atomic E-state index is 12.8. The molecule has 0 aliphatic heterocycles. The standard InChI is InChI=1S/C19H18F3N7O/c1-3-23-18-25-8-13-12(7-24-16(13)28-18)11-4-5-29-15(6-11)14(9-26-29)17(30)27-10(2)19(20,21)22/h4-10H,3H2,1-2H3,(H,27,30)(H2,23,24,25,28). The van der Waals surface area contributed by atoms with Gasteiger partial charge < -0.3 is 15.6 Å². The number of pyridine rings is 1. The van der Waals surface area contributed by atoms with Crippen molar-refractivity contribution in [3.63, 3.8) is 0 Å². The number of nitrogens with zero attached hydrogens (tertiary/aromatic N) is 4. The molecule has 4 aromatic rings. The van der Waals surface area contributed by atoms with E-state index in [1.807, 2.05) is 12.2 Å². The van der Waals surface area contributed by atoms with Gasteiger partial charge in [-0.05, 0) is 31.5 Å². The van der Waals surface area contributed by atoms with Gasteiger partial charge in [0.15, 0.2) is 0 Å². The Balaban J connectivity index is 1.71. The Morgan fingerprint density at radius 3 is 2.87 bits per heavy atom. The number of alkyl halides is 3. The van der Waals surface area contributed by atoms with Crippen LogP contribution in [0.2, 0.25) is 0 Å². The Morgan fingerprint density at radius 2 is 2.13 bits per heavy atom. The molecule has 1 amide bonds. The van der Waals surface area contributed by atoms with Crippen LogP contribution in [-0.2, 0) is 0 Å². The summed E-state index contributed by atoms with van der Waals surface area (Å²) in [6.07, 6.45) is 1.81. The molecule has 3 N–H and O–H groups in total. The van der Waals surface area contributed by atoms with Gasteiger partial charge in [0.1, 0.15) is 11.7 Å². The van der Waals surface area contributed by atoms with Crippen molar-refractivity contribution >= 4 is 28.4 Å². The van der Waals surface area contributed by atoms with Gasteiger partial charge >= 0.3 is 6.18 Å². The molecule has 1 atom stereocenters. The van der Waals surface area contributed by atoms with Crippen LogP contribution in [0.4, 0.5) is 19.1 Å². The summed E-state index contributed by atoms with van der Waals surface area (Å²) in [6, 6.07) is 1.52. The van der Waals surface area contributed by atoms with Crippen LogP contribution in [-0.4, -0.2) is 49.2 Å². The number of anilines is 1. The lowest BCUT2D eigenvalue weighted by atomic mass is 10.1. The van der Waals surface area contributed by atoms with Crippen molar-refractivity contribution in [1.82, 2.24) is 29.9 Å². The molecule has 0 bridgehead atoms. The summed E-state index contributed by atoms with van der Waals surface area (Å²) < 4.78 is 39.8. The number of hydrogen-bond acceptors (Lipinski definition) is 5. The highest BCUT2D eigenvalue weighted by atomic mass is 19.4. The number of nitrogens with one attached hydrogen (secondary N) is 3. The molecule has 1 unspecified atom stereocenters. The molecule has 4 rings (SSSR count). The summed E-state index contributed by atoms with van der Waals surface area (Å²) in [4.78, 5) is 24.2. The van der Waals surface area contributed by atoms with Crippen molar-refractivity contribution in [3.05, 3.63) is 42.5 Å². The molecule has 0 aliphatic carbocycles. The van der Waals surface area contributed by atoms with Crippen LogP contribution in [0.3, 0.4) is 0 Å². The second kappa shape index (κ2) is 7.32. The molecule has 0 spiro atoms. The second-order valence-electron chi connectivity index (χ2n) is 6.73. The van der Waals surface area contributed by atoms with E-state index in [0.29, 0.717) is 23.7 Å². The maximum atomic E-state index is 12.8. The zero-order valence-corrected chi connectivity index (χ0v) is 16.1. The molecule has 0 radical (unpaired) electrons. The van der Waals surface area contributed by atoms with Gasteiger partial charge in [-0.2, -0.15) is 23.3 Å². The van der Waals surface area contributed by atoms with Crippen LogP contribution in [0.5, 0.6) is 0 Å². The van der Waals surface area contributed by atoms with Crippen LogP contribution in [0.15, 0.2) is 36.9 Å². The predicted molar refractivity (Wildman–Crippen MR) is 105 cm³/mol. The Bertz CT molecular complexity index is 1230. The van der Waals surface area contributed by atoms with E-state index in [0.717, 1.165) is 23.4 Å². The van der Waals surface area contributed by atoms with Gasteiger partial charge in [-0.1, -0.05) is 0 Å². The summed E-state index contributed by atoms with van der Waals surface area (Å²) >= 11 is 0. The molecule has 0 aliphatic rings. The third kappa shape index (κ3) is 3.53. The quantitative estimate of drug-likeness (QED) is 0.462. The number of fused-ring (bicyclic) bond motifs is 2. The minimum atomic E-state index is -4.53. The van der Waals surface area contributed by atoms with E-state index in [-0.39, 0.29) is 5.56 Å². The number of hydrogen-bond donors (Lipinski definition) is 3. The lowest BCUT2D eigenvalue weighted by molar-refractivity contribution is -0.149. The van der Waals surface area contributed by atoms with E-state index in [1.54, 1.807) is 30.7 Å². The highest BCUT2D eigenvalue weighted by molar-refractivity contribution is 6.02. The number of rotatable bonds is 5. The van der Waals surface area contributed by atoms with Crippen LogP contribution >= 0.6 is 0 Å². The minimum absolute atomic E-state index is 0.0541. The topological polar surface area (TPSA) is 100 Å².